The molecule has 4 aromatic rings. The molecule has 0 fully saturated rings. The second kappa shape index (κ2) is 13.3. The van der Waals surface area contributed by atoms with Crippen molar-refractivity contribution in [2.75, 3.05) is 11.9 Å². The van der Waals surface area contributed by atoms with Crippen LogP contribution in [0.5, 0.6) is 11.5 Å². The van der Waals surface area contributed by atoms with E-state index in [0.717, 1.165) is 0 Å². The number of nitrogens with zero attached hydrogens (tertiary/aromatic N) is 2. The fourth-order valence-corrected chi connectivity index (χ4v) is 5.03. The number of anilines is 1. The average Bonchev–Trinajstić information content (AvgIpc) is 2.89. The summed E-state index contributed by atoms with van der Waals surface area (Å²) in [6.45, 7) is 4.03. The zero-order valence-corrected chi connectivity index (χ0v) is 26.1. The van der Waals surface area contributed by atoms with Crippen molar-refractivity contribution in [3.63, 3.8) is 0 Å². The number of halogens is 2. The Balaban J connectivity index is 0.00000441. The summed E-state index contributed by atoms with van der Waals surface area (Å²) < 4.78 is 39.1. The second-order valence-corrected chi connectivity index (χ2v) is 10.5. The number of carbonyl (C=O) groups is 1. The summed E-state index contributed by atoms with van der Waals surface area (Å²) in [7, 11) is -4.68. The van der Waals surface area contributed by atoms with E-state index in [0.29, 0.717) is 35.1 Å². The average molecular weight is 610 g/mol. The minimum Gasteiger partial charge on any atom is -0.870 e. The van der Waals surface area contributed by atoms with Gasteiger partial charge < -0.3 is 15.2 Å². The van der Waals surface area contributed by atoms with Gasteiger partial charge in [0.1, 0.15) is 16.3 Å². The molecule has 0 unspecified atom stereocenters. The van der Waals surface area contributed by atoms with Crippen LogP contribution in [0.3, 0.4) is 0 Å². The van der Waals surface area contributed by atoms with Gasteiger partial charge in [-0.25, -0.2) is 0 Å². The monoisotopic (exact) mass is 609 g/mol. The van der Waals surface area contributed by atoms with E-state index in [-0.39, 0.29) is 62.2 Å². The molecule has 0 radical (unpaired) electrons. The Bertz CT molecular complexity index is 1730. The molecule has 13 heteroatoms. The third-order valence-electron chi connectivity index (χ3n) is 5.76. The van der Waals surface area contributed by atoms with Crippen molar-refractivity contribution in [1.29, 1.82) is 0 Å². The Morgan fingerprint density at radius 2 is 1.75 bits per heavy atom. The molecule has 0 aliphatic heterocycles. The van der Waals surface area contributed by atoms with E-state index >= 15 is 0 Å². The third-order valence-corrected chi connectivity index (χ3v) is 7.31. The molecule has 0 aromatic heterocycles. The molecule has 40 heavy (non-hydrogen) atoms. The first-order valence-corrected chi connectivity index (χ1v) is 13.9. The predicted molar refractivity (Wildman–Crippen MR) is 149 cm³/mol. The fourth-order valence-electron chi connectivity index (χ4n) is 3.87. The van der Waals surface area contributed by atoms with Gasteiger partial charge in [0, 0.05) is 22.0 Å². The summed E-state index contributed by atoms with van der Waals surface area (Å²) >= 11 is 12.5. The van der Waals surface area contributed by atoms with Gasteiger partial charge in [-0.2, -0.15) is 13.5 Å². The number of rotatable bonds is 8. The number of hydrogen-bond acceptors (Lipinski definition) is 7. The molecule has 2 N–H and O–H groups in total. The molecule has 0 aliphatic carbocycles. The van der Waals surface area contributed by atoms with Gasteiger partial charge in [-0.1, -0.05) is 60.1 Å². The normalized spacial score (nSPS) is 11.4. The SMILES string of the molecule is CCOc1ccc(NC(=O)c2cc3ccccc3c(N=Nc3cc(Cl)c(CC)cc3S(=O)(=O)O)c2[O-])c(Cl)c1.[Na+]. The van der Waals surface area contributed by atoms with E-state index in [9.17, 15) is 22.9 Å². The van der Waals surface area contributed by atoms with Crippen molar-refractivity contribution in [3.05, 3.63) is 81.8 Å². The molecule has 4 rings (SSSR count). The van der Waals surface area contributed by atoms with E-state index in [1.54, 1.807) is 49.4 Å². The van der Waals surface area contributed by atoms with Gasteiger partial charge in [0.2, 0.25) is 0 Å². The van der Waals surface area contributed by atoms with Gasteiger partial charge in [-0.05, 0) is 54.6 Å². The Morgan fingerprint density at radius 3 is 2.40 bits per heavy atom. The molecule has 0 heterocycles. The number of hydrogen-bond donors (Lipinski definition) is 2. The molecule has 9 nitrogen and oxygen atoms in total. The predicted octanol–water partition coefficient (Wildman–Crippen LogP) is 4.10. The molecule has 0 aliphatic rings. The molecule has 0 saturated heterocycles. The van der Waals surface area contributed by atoms with Crippen molar-refractivity contribution in [1.82, 2.24) is 0 Å². The number of fused-ring (bicyclic) bond motifs is 1. The number of amides is 1. The van der Waals surface area contributed by atoms with Gasteiger partial charge in [0.05, 0.1) is 23.0 Å². The summed E-state index contributed by atoms with van der Waals surface area (Å²) in [5.74, 6) is -0.960. The number of azo groups is 1. The van der Waals surface area contributed by atoms with Gasteiger partial charge in [0.25, 0.3) is 16.0 Å². The van der Waals surface area contributed by atoms with E-state index in [1.807, 2.05) is 6.92 Å². The van der Waals surface area contributed by atoms with Gasteiger partial charge >= 0.3 is 29.6 Å². The van der Waals surface area contributed by atoms with Crippen LogP contribution >= 0.6 is 23.2 Å². The number of nitrogens with one attached hydrogen (secondary N) is 1. The molecular formula is C27H22Cl2N3NaO6S. The van der Waals surface area contributed by atoms with Crippen LogP contribution < -0.4 is 44.7 Å². The Morgan fingerprint density at radius 1 is 1.02 bits per heavy atom. The minimum atomic E-state index is -4.68. The number of benzene rings is 4. The maximum Gasteiger partial charge on any atom is 1.00 e. The Labute approximate surface area is 263 Å². The van der Waals surface area contributed by atoms with E-state index in [2.05, 4.69) is 15.5 Å². The summed E-state index contributed by atoms with van der Waals surface area (Å²) in [5, 5.41) is 25.4. The minimum absolute atomic E-state index is 0. The van der Waals surface area contributed by atoms with E-state index < -0.39 is 26.7 Å². The number of aryl methyl sites for hydroxylation is 1. The zero-order valence-electron chi connectivity index (χ0n) is 21.7. The molecule has 202 valence electrons. The summed E-state index contributed by atoms with van der Waals surface area (Å²) in [6, 6.07) is 15.3. The van der Waals surface area contributed by atoms with Crippen molar-refractivity contribution in [3.8, 4) is 11.5 Å². The smallest absolute Gasteiger partial charge is 0.870 e. The molecule has 0 bridgehead atoms. The van der Waals surface area contributed by atoms with E-state index in [4.69, 9.17) is 27.9 Å². The molecular weight excluding hydrogens is 588 g/mol. The molecule has 0 spiro atoms. The first kappa shape index (κ1) is 31.8. The number of carbonyl (C=O) groups excluding carboxylic acids is 1. The van der Waals surface area contributed by atoms with Gasteiger partial charge in [-0.3, -0.25) is 9.35 Å². The van der Waals surface area contributed by atoms with Crippen LogP contribution in [0.15, 0.2) is 75.8 Å². The van der Waals surface area contributed by atoms with Crippen molar-refractivity contribution in [2.45, 2.75) is 25.2 Å². The summed E-state index contributed by atoms with van der Waals surface area (Å²) in [4.78, 5) is 12.7. The van der Waals surface area contributed by atoms with Crippen LogP contribution in [0.4, 0.5) is 17.1 Å². The molecule has 1 amide bonds. The molecule has 0 atom stereocenters. The fraction of sp³-hybridized carbons (Fsp3) is 0.148. The van der Waals surface area contributed by atoms with Crippen LogP contribution in [0.2, 0.25) is 10.0 Å². The zero-order chi connectivity index (χ0) is 28.3. The number of ether oxygens (including phenoxy) is 1. The van der Waals surface area contributed by atoms with Crippen molar-refractivity contribution in [2.24, 2.45) is 10.2 Å². The van der Waals surface area contributed by atoms with Crippen LogP contribution in [0.25, 0.3) is 10.8 Å². The Kier molecular flexibility index (Phi) is 10.6. The Hall–Kier alpha value is -2.70. The van der Waals surface area contributed by atoms with Crippen LogP contribution in [0, 0.1) is 0 Å². The second-order valence-electron chi connectivity index (χ2n) is 8.29. The maximum absolute atomic E-state index is 13.4. The van der Waals surface area contributed by atoms with Crippen LogP contribution in [-0.2, 0) is 16.5 Å². The summed E-state index contributed by atoms with van der Waals surface area (Å²) in [5.41, 5.74) is 0.0447. The van der Waals surface area contributed by atoms with Gasteiger partial charge in [0.15, 0.2) is 0 Å². The standard InChI is InChI=1S/C27H23Cl2N3O6S.Na/c1-3-15-12-24(39(35,36)37)23(14-20(15)28)31-32-25-18-8-6-5-7-16(18)11-19(26(25)33)27(34)30-22-10-9-17(38-4-2)13-21(22)29;/h5-14,33H,3-4H2,1-2H3,(H,30,34)(H,35,36,37);/q;+1/p-1. The molecule has 4 aromatic carbocycles. The van der Waals surface area contributed by atoms with Crippen molar-refractivity contribution < 1.29 is 57.2 Å². The van der Waals surface area contributed by atoms with Crippen LogP contribution in [-0.4, -0.2) is 25.5 Å². The van der Waals surface area contributed by atoms with E-state index in [1.165, 1.54) is 18.2 Å². The van der Waals surface area contributed by atoms with Gasteiger partial charge in [-0.15, -0.1) is 5.11 Å². The van der Waals surface area contributed by atoms with Crippen molar-refractivity contribution >= 4 is 67.1 Å². The maximum atomic E-state index is 13.4. The topological polar surface area (TPSA) is 140 Å². The first-order valence-electron chi connectivity index (χ1n) is 11.7. The largest absolute Gasteiger partial charge is 1.00 e. The summed E-state index contributed by atoms with van der Waals surface area (Å²) in [6.07, 6.45) is 0.406. The molecule has 0 saturated carbocycles. The third kappa shape index (κ3) is 6.95. The van der Waals surface area contributed by atoms with Crippen LogP contribution in [0.1, 0.15) is 29.8 Å². The first-order chi connectivity index (χ1) is 18.5. The quantitative estimate of drug-likeness (QED) is 0.175.